The smallest absolute Gasteiger partial charge is 0.255 e. The van der Waals surface area contributed by atoms with Gasteiger partial charge in [0, 0.05) is 38.1 Å². The number of nitrogens with zero attached hydrogens (tertiary/aromatic N) is 4. The molecule has 0 bridgehead atoms. The van der Waals surface area contributed by atoms with Crippen LogP contribution in [-0.4, -0.2) is 45.0 Å². The number of aryl methyl sites for hydroxylation is 2. The molecule has 0 aliphatic carbocycles. The molecule has 3 rings (SSSR count). The van der Waals surface area contributed by atoms with Crippen molar-refractivity contribution in [1.82, 2.24) is 25.3 Å². The Morgan fingerprint density at radius 2 is 2.33 bits per heavy atom. The molecule has 2 aromatic rings. The summed E-state index contributed by atoms with van der Waals surface area (Å²) < 4.78 is 1.80. The highest BCUT2D eigenvalue weighted by molar-refractivity contribution is 5.95. The number of piperidine rings is 1. The minimum atomic E-state index is -0.0562. The van der Waals surface area contributed by atoms with Crippen molar-refractivity contribution in [3.63, 3.8) is 0 Å². The molecule has 1 fully saturated rings. The summed E-state index contributed by atoms with van der Waals surface area (Å²) in [5, 5.41) is 14.0. The van der Waals surface area contributed by atoms with Gasteiger partial charge in [-0.05, 0) is 19.8 Å². The van der Waals surface area contributed by atoms with E-state index in [1.807, 2.05) is 26.4 Å². The van der Waals surface area contributed by atoms with E-state index in [0.717, 1.165) is 37.3 Å². The summed E-state index contributed by atoms with van der Waals surface area (Å²) in [6.07, 6.45) is 7.50. The number of hydrogen-bond donors (Lipinski definition) is 2. The Kier molecular flexibility index (Phi) is 3.64. The van der Waals surface area contributed by atoms with E-state index < -0.39 is 0 Å². The number of H-pyrrole nitrogens is 1. The molecule has 0 radical (unpaired) electrons. The number of amides is 1. The lowest BCUT2D eigenvalue weighted by Gasteiger charge is -2.33. The van der Waals surface area contributed by atoms with Gasteiger partial charge in [-0.3, -0.25) is 14.6 Å². The van der Waals surface area contributed by atoms with Crippen LogP contribution in [0, 0.1) is 6.92 Å². The Morgan fingerprint density at radius 1 is 1.48 bits per heavy atom. The monoisotopic (exact) mass is 288 g/mol. The maximum absolute atomic E-state index is 12.2. The van der Waals surface area contributed by atoms with Crippen molar-refractivity contribution < 1.29 is 4.79 Å². The number of carbonyl (C=O) groups excluding carboxylic acids is 1. The summed E-state index contributed by atoms with van der Waals surface area (Å²) in [6, 6.07) is 0.153. The van der Waals surface area contributed by atoms with Crippen molar-refractivity contribution >= 4 is 11.6 Å². The van der Waals surface area contributed by atoms with E-state index >= 15 is 0 Å². The molecule has 1 aliphatic rings. The Balaban J connectivity index is 1.64. The molecule has 0 saturated carbocycles. The van der Waals surface area contributed by atoms with Crippen molar-refractivity contribution in [3.05, 3.63) is 29.8 Å². The second-order valence-corrected chi connectivity index (χ2v) is 5.54. The van der Waals surface area contributed by atoms with Gasteiger partial charge in [0.15, 0.2) is 0 Å². The summed E-state index contributed by atoms with van der Waals surface area (Å²) in [5.41, 5.74) is 2.52. The van der Waals surface area contributed by atoms with E-state index in [0.29, 0.717) is 5.56 Å². The van der Waals surface area contributed by atoms with E-state index in [1.165, 1.54) is 0 Å². The molecule has 2 N–H and O–H groups in total. The zero-order chi connectivity index (χ0) is 14.8. The molecule has 0 aromatic carbocycles. The van der Waals surface area contributed by atoms with E-state index in [-0.39, 0.29) is 11.9 Å². The lowest BCUT2D eigenvalue weighted by molar-refractivity contribution is 0.0932. The highest BCUT2D eigenvalue weighted by Crippen LogP contribution is 2.19. The topological polar surface area (TPSA) is 78.8 Å². The van der Waals surface area contributed by atoms with Crippen LogP contribution in [0.1, 0.15) is 28.9 Å². The largest absolute Gasteiger partial charge is 0.367 e. The minimum absolute atomic E-state index is 0.0562. The SMILES string of the molecule is Cc1[nH]ncc1C(=O)NC1CCCN(c2cnn(C)c2)C1. The van der Waals surface area contributed by atoms with Gasteiger partial charge in [-0.1, -0.05) is 0 Å². The van der Waals surface area contributed by atoms with Gasteiger partial charge in [0.1, 0.15) is 0 Å². The first-order valence-electron chi connectivity index (χ1n) is 7.18. The highest BCUT2D eigenvalue weighted by Gasteiger charge is 2.23. The minimum Gasteiger partial charge on any atom is -0.367 e. The normalized spacial score (nSPS) is 18.8. The fraction of sp³-hybridized carbons (Fsp3) is 0.500. The molecular weight excluding hydrogens is 268 g/mol. The Labute approximate surface area is 123 Å². The molecule has 0 spiro atoms. The summed E-state index contributed by atoms with van der Waals surface area (Å²) in [5.74, 6) is -0.0562. The Morgan fingerprint density at radius 3 is 3.00 bits per heavy atom. The quantitative estimate of drug-likeness (QED) is 0.877. The third kappa shape index (κ3) is 2.91. The first kappa shape index (κ1) is 13.7. The standard InChI is InChI=1S/C14H20N6O/c1-10-13(7-15-18-10)14(21)17-11-4-3-5-20(8-11)12-6-16-19(2)9-12/h6-7,9,11H,3-5,8H2,1-2H3,(H,15,18)(H,17,21). The van der Waals surface area contributed by atoms with Gasteiger partial charge in [0.25, 0.3) is 5.91 Å². The number of nitrogens with one attached hydrogen (secondary N) is 2. The van der Waals surface area contributed by atoms with Crippen LogP contribution in [0.2, 0.25) is 0 Å². The first-order chi connectivity index (χ1) is 10.1. The Bertz CT molecular complexity index is 631. The molecule has 1 atom stereocenters. The van der Waals surface area contributed by atoms with Gasteiger partial charge in [-0.2, -0.15) is 10.2 Å². The third-order valence-electron chi connectivity index (χ3n) is 3.89. The molecule has 2 aromatic heterocycles. The number of anilines is 1. The number of aromatic nitrogens is 4. The van der Waals surface area contributed by atoms with Crippen molar-refractivity contribution in [3.8, 4) is 0 Å². The average Bonchev–Trinajstić information content (AvgIpc) is 3.08. The third-order valence-corrected chi connectivity index (χ3v) is 3.89. The second-order valence-electron chi connectivity index (χ2n) is 5.54. The predicted octanol–water partition coefficient (Wildman–Crippen LogP) is 0.850. The lowest BCUT2D eigenvalue weighted by atomic mass is 10.0. The van der Waals surface area contributed by atoms with E-state index in [9.17, 15) is 4.79 Å². The van der Waals surface area contributed by atoms with Gasteiger partial charge < -0.3 is 10.2 Å². The van der Waals surface area contributed by atoms with Gasteiger partial charge in [-0.15, -0.1) is 0 Å². The van der Waals surface area contributed by atoms with Crippen molar-refractivity contribution in [2.45, 2.75) is 25.8 Å². The van der Waals surface area contributed by atoms with E-state index in [2.05, 4.69) is 25.5 Å². The van der Waals surface area contributed by atoms with Crippen molar-refractivity contribution in [2.75, 3.05) is 18.0 Å². The number of rotatable bonds is 3. The van der Waals surface area contributed by atoms with Crippen LogP contribution in [0.3, 0.4) is 0 Å². The molecule has 1 aliphatic heterocycles. The molecule has 7 heteroatoms. The summed E-state index contributed by atoms with van der Waals surface area (Å²) >= 11 is 0. The fourth-order valence-corrected chi connectivity index (χ4v) is 2.74. The van der Waals surface area contributed by atoms with Crippen LogP contribution in [0.4, 0.5) is 5.69 Å². The highest BCUT2D eigenvalue weighted by atomic mass is 16.1. The first-order valence-corrected chi connectivity index (χ1v) is 7.18. The molecule has 1 saturated heterocycles. The van der Waals surface area contributed by atoms with Gasteiger partial charge in [-0.25, -0.2) is 0 Å². The van der Waals surface area contributed by atoms with Crippen LogP contribution >= 0.6 is 0 Å². The van der Waals surface area contributed by atoms with Gasteiger partial charge in [0.05, 0.1) is 23.6 Å². The maximum atomic E-state index is 12.2. The van der Waals surface area contributed by atoms with Gasteiger partial charge in [0.2, 0.25) is 0 Å². The molecule has 7 nitrogen and oxygen atoms in total. The van der Waals surface area contributed by atoms with Crippen molar-refractivity contribution in [2.24, 2.45) is 7.05 Å². The number of carbonyl (C=O) groups is 1. The molecule has 21 heavy (non-hydrogen) atoms. The number of hydrogen-bond acceptors (Lipinski definition) is 4. The zero-order valence-corrected chi connectivity index (χ0v) is 12.3. The van der Waals surface area contributed by atoms with Crippen LogP contribution in [0.15, 0.2) is 18.6 Å². The van der Waals surface area contributed by atoms with Gasteiger partial charge >= 0.3 is 0 Å². The lowest BCUT2D eigenvalue weighted by Crippen LogP contribution is -2.47. The van der Waals surface area contributed by atoms with Crippen LogP contribution in [0.25, 0.3) is 0 Å². The summed E-state index contributed by atoms with van der Waals surface area (Å²) in [7, 11) is 1.91. The van der Waals surface area contributed by atoms with Crippen LogP contribution < -0.4 is 10.2 Å². The average molecular weight is 288 g/mol. The van der Waals surface area contributed by atoms with Crippen LogP contribution in [0.5, 0.6) is 0 Å². The molecular formula is C14H20N6O. The molecule has 1 amide bonds. The molecule has 112 valence electrons. The molecule has 1 unspecified atom stereocenters. The van der Waals surface area contributed by atoms with Crippen LogP contribution in [-0.2, 0) is 7.05 Å². The van der Waals surface area contributed by atoms with E-state index in [4.69, 9.17) is 0 Å². The predicted molar refractivity (Wildman–Crippen MR) is 79.2 cm³/mol. The maximum Gasteiger partial charge on any atom is 0.255 e. The fourth-order valence-electron chi connectivity index (χ4n) is 2.74. The van der Waals surface area contributed by atoms with Crippen molar-refractivity contribution in [1.29, 1.82) is 0 Å². The molecule has 3 heterocycles. The summed E-state index contributed by atoms with van der Waals surface area (Å²) in [6.45, 7) is 3.67. The zero-order valence-electron chi connectivity index (χ0n) is 12.3. The number of aromatic amines is 1. The summed E-state index contributed by atoms with van der Waals surface area (Å²) in [4.78, 5) is 14.5. The second kappa shape index (κ2) is 5.59. The Hall–Kier alpha value is -2.31. The van der Waals surface area contributed by atoms with E-state index in [1.54, 1.807) is 10.9 Å².